The standard InChI is InChI=1S/C4H10O3S/c5-4(6,7)2-1-3-8/h5-8H,1-3H2. The lowest BCUT2D eigenvalue weighted by Gasteiger charge is -2.11. The van der Waals surface area contributed by atoms with Crippen LogP contribution in [0.3, 0.4) is 0 Å². The summed E-state index contributed by atoms with van der Waals surface area (Å²) in [7, 11) is 0. The maximum absolute atomic E-state index is 8.23. The number of aliphatic hydroxyl groups is 3. The van der Waals surface area contributed by atoms with E-state index >= 15 is 0 Å². The molecule has 0 aromatic heterocycles. The Morgan fingerprint density at radius 2 is 1.75 bits per heavy atom. The molecule has 3 N–H and O–H groups in total. The van der Waals surface area contributed by atoms with Crippen molar-refractivity contribution in [1.82, 2.24) is 0 Å². The number of thiol groups is 1. The highest BCUT2D eigenvalue weighted by Crippen LogP contribution is 2.03. The predicted octanol–water partition coefficient (Wildman–Crippen LogP) is -0.673. The smallest absolute Gasteiger partial charge is 0.275 e. The van der Waals surface area contributed by atoms with Crippen molar-refractivity contribution in [3.63, 3.8) is 0 Å². The van der Waals surface area contributed by atoms with Gasteiger partial charge in [0.1, 0.15) is 0 Å². The number of rotatable bonds is 3. The summed E-state index contributed by atoms with van der Waals surface area (Å²) in [5.74, 6) is -1.95. The molecular weight excluding hydrogens is 128 g/mol. The molecule has 8 heavy (non-hydrogen) atoms. The van der Waals surface area contributed by atoms with Gasteiger partial charge in [0.25, 0.3) is 5.97 Å². The average molecular weight is 138 g/mol. The van der Waals surface area contributed by atoms with Gasteiger partial charge in [0.15, 0.2) is 0 Å². The lowest BCUT2D eigenvalue weighted by atomic mass is 10.3. The minimum Gasteiger partial charge on any atom is -0.344 e. The normalized spacial score (nSPS) is 12.0. The van der Waals surface area contributed by atoms with Gasteiger partial charge in [-0.1, -0.05) is 0 Å². The zero-order valence-electron chi connectivity index (χ0n) is 4.41. The third-order valence-corrected chi connectivity index (χ3v) is 0.987. The summed E-state index contributed by atoms with van der Waals surface area (Å²) in [4.78, 5) is 0. The van der Waals surface area contributed by atoms with Crippen LogP contribution in [0.25, 0.3) is 0 Å². The molecule has 0 radical (unpaired) electrons. The fourth-order valence-corrected chi connectivity index (χ4v) is 0.474. The second-order valence-corrected chi connectivity index (χ2v) is 2.05. The zero-order chi connectivity index (χ0) is 6.62. The molecule has 0 rings (SSSR count). The summed E-state index contributed by atoms with van der Waals surface area (Å²) >= 11 is 3.80. The van der Waals surface area contributed by atoms with Crippen LogP contribution in [0.15, 0.2) is 0 Å². The average Bonchev–Trinajstić information content (AvgIpc) is 1.59. The largest absolute Gasteiger partial charge is 0.344 e. The fourth-order valence-electron chi connectivity index (χ4n) is 0.316. The van der Waals surface area contributed by atoms with Gasteiger partial charge in [0, 0.05) is 6.42 Å². The maximum atomic E-state index is 8.23. The molecule has 0 spiro atoms. The Morgan fingerprint density at radius 3 is 1.88 bits per heavy atom. The van der Waals surface area contributed by atoms with Crippen LogP contribution in [0.2, 0.25) is 0 Å². The van der Waals surface area contributed by atoms with Crippen molar-refractivity contribution in [2.75, 3.05) is 5.75 Å². The molecule has 0 atom stereocenters. The summed E-state index contributed by atoms with van der Waals surface area (Å²) in [6.07, 6.45) is 0.448. The van der Waals surface area contributed by atoms with Crippen LogP contribution in [0, 0.1) is 0 Å². The number of hydrogen-bond acceptors (Lipinski definition) is 4. The van der Waals surface area contributed by atoms with Gasteiger partial charge in [0.2, 0.25) is 0 Å². The van der Waals surface area contributed by atoms with Crippen LogP contribution < -0.4 is 0 Å². The molecule has 0 aromatic rings. The molecule has 0 saturated heterocycles. The third kappa shape index (κ3) is 6.23. The van der Waals surface area contributed by atoms with E-state index in [-0.39, 0.29) is 6.42 Å². The Hall–Kier alpha value is 0.230. The molecule has 0 bridgehead atoms. The molecule has 0 amide bonds. The molecule has 0 aliphatic carbocycles. The van der Waals surface area contributed by atoms with Crippen molar-refractivity contribution < 1.29 is 15.3 Å². The molecule has 0 unspecified atom stereocenters. The first-order valence-electron chi connectivity index (χ1n) is 2.34. The molecule has 0 aromatic carbocycles. The van der Waals surface area contributed by atoms with Crippen LogP contribution in [0.5, 0.6) is 0 Å². The van der Waals surface area contributed by atoms with Crippen LogP contribution >= 0.6 is 12.6 Å². The Kier molecular flexibility index (Phi) is 3.39. The first-order valence-corrected chi connectivity index (χ1v) is 2.97. The van der Waals surface area contributed by atoms with Gasteiger partial charge in [0.05, 0.1) is 0 Å². The van der Waals surface area contributed by atoms with Crippen molar-refractivity contribution in [2.45, 2.75) is 18.8 Å². The summed E-state index contributed by atoms with van der Waals surface area (Å²) in [5.41, 5.74) is 0. The van der Waals surface area contributed by atoms with Crippen molar-refractivity contribution in [3.05, 3.63) is 0 Å². The lowest BCUT2D eigenvalue weighted by Crippen LogP contribution is -2.26. The Labute approximate surface area is 53.4 Å². The van der Waals surface area contributed by atoms with Crippen LogP contribution in [-0.2, 0) is 0 Å². The van der Waals surface area contributed by atoms with E-state index in [4.69, 9.17) is 15.3 Å². The molecule has 0 fully saturated rings. The minimum atomic E-state index is -2.50. The Balaban J connectivity index is 3.11. The second kappa shape index (κ2) is 3.29. The first-order chi connectivity index (χ1) is 3.56. The van der Waals surface area contributed by atoms with E-state index in [0.29, 0.717) is 12.2 Å². The zero-order valence-corrected chi connectivity index (χ0v) is 5.30. The Morgan fingerprint density at radius 1 is 1.25 bits per heavy atom. The second-order valence-electron chi connectivity index (χ2n) is 1.60. The maximum Gasteiger partial charge on any atom is 0.275 e. The molecular formula is C4H10O3S. The summed E-state index contributed by atoms with van der Waals surface area (Å²) in [5, 5.41) is 24.7. The Bertz CT molecular complexity index is 58.8. The number of hydrogen-bond donors (Lipinski definition) is 4. The molecule has 0 aliphatic rings. The van der Waals surface area contributed by atoms with Crippen molar-refractivity contribution in [2.24, 2.45) is 0 Å². The SMILES string of the molecule is OC(O)(O)CCCS. The van der Waals surface area contributed by atoms with Gasteiger partial charge in [-0.3, -0.25) is 0 Å². The molecule has 0 saturated carbocycles. The van der Waals surface area contributed by atoms with E-state index in [1.807, 2.05) is 0 Å². The molecule has 0 heterocycles. The van der Waals surface area contributed by atoms with Gasteiger partial charge >= 0.3 is 0 Å². The van der Waals surface area contributed by atoms with Gasteiger partial charge in [-0.15, -0.1) is 0 Å². The molecule has 4 heteroatoms. The molecule has 0 aliphatic heterocycles. The van der Waals surface area contributed by atoms with Gasteiger partial charge in [-0.05, 0) is 12.2 Å². The van der Waals surface area contributed by atoms with Crippen molar-refractivity contribution >= 4 is 12.6 Å². The first kappa shape index (κ1) is 8.23. The third-order valence-electron chi connectivity index (χ3n) is 0.670. The molecule has 3 nitrogen and oxygen atoms in total. The van der Waals surface area contributed by atoms with E-state index in [1.54, 1.807) is 0 Å². The van der Waals surface area contributed by atoms with Crippen molar-refractivity contribution in [1.29, 1.82) is 0 Å². The quantitative estimate of drug-likeness (QED) is 0.309. The molecule has 50 valence electrons. The minimum absolute atomic E-state index is 0.0451. The predicted molar refractivity (Wildman–Crippen MR) is 32.5 cm³/mol. The highest BCUT2D eigenvalue weighted by molar-refractivity contribution is 7.80. The van der Waals surface area contributed by atoms with E-state index in [0.717, 1.165) is 0 Å². The monoisotopic (exact) mass is 138 g/mol. The van der Waals surface area contributed by atoms with Crippen LogP contribution in [0.4, 0.5) is 0 Å². The van der Waals surface area contributed by atoms with Crippen molar-refractivity contribution in [3.8, 4) is 0 Å². The van der Waals surface area contributed by atoms with E-state index < -0.39 is 5.97 Å². The summed E-state index contributed by atoms with van der Waals surface area (Å²) < 4.78 is 0. The van der Waals surface area contributed by atoms with E-state index in [1.165, 1.54) is 0 Å². The lowest BCUT2D eigenvalue weighted by molar-refractivity contribution is -0.314. The summed E-state index contributed by atoms with van der Waals surface area (Å²) in [6, 6.07) is 0. The highest BCUT2D eigenvalue weighted by atomic mass is 32.1. The summed E-state index contributed by atoms with van der Waals surface area (Å²) in [6.45, 7) is 0. The highest BCUT2D eigenvalue weighted by Gasteiger charge is 2.15. The van der Waals surface area contributed by atoms with Gasteiger partial charge in [-0.2, -0.15) is 12.6 Å². The van der Waals surface area contributed by atoms with Gasteiger partial charge < -0.3 is 15.3 Å². The van der Waals surface area contributed by atoms with E-state index in [9.17, 15) is 0 Å². The van der Waals surface area contributed by atoms with Crippen LogP contribution in [0.1, 0.15) is 12.8 Å². The fraction of sp³-hybridized carbons (Fsp3) is 1.00. The topological polar surface area (TPSA) is 60.7 Å². The van der Waals surface area contributed by atoms with E-state index in [2.05, 4.69) is 12.6 Å². The van der Waals surface area contributed by atoms with Gasteiger partial charge in [-0.25, -0.2) is 0 Å². The van der Waals surface area contributed by atoms with Crippen LogP contribution in [-0.4, -0.2) is 27.0 Å².